The van der Waals surface area contributed by atoms with E-state index in [0.29, 0.717) is 12.2 Å². The van der Waals surface area contributed by atoms with Gasteiger partial charge in [-0.05, 0) is 42.0 Å². The molecule has 26 heavy (non-hydrogen) atoms. The van der Waals surface area contributed by atoms with Crippen LogP contribution in [-0.4, -0.2) is 24.1 Å². The Kier molecular flexibility index (Phi) is 6.34. The molecule has 1 amide bonds. The van der Waals surface area contributed by atoms with Crippen LogP contribution in [0.4, 0.5) is 5.69 Å². The molecule has 0 aliphatic rings. The van der Waals surface area contributed by atoms with E-state index >= 15 is 0 Å². The molecule has 132 valence electrons. The van der Waals surface area contributed by atoms with Crippen molar-refractivity contribution in [3.05, 3.63) is 71.4 Å². The molecule has 0 aromatic heterocycles. The van der Waals surface area contributed by atoms with Crippen molar-refractivity contribution in [2.45, 2.75) is 6.54 Å². The summed E-state index contributed by atoms with van der Waals surface area (Å²) in [5.41, 5.74) is 1.38. The molecule has 0 bridgehead atoms. The molecule has 2 aromatic carbocycles. The number of aromatic carboxylic acids is 1. The lowest BCUT2D eigenvalue weighted by Gasteiger charge is -2.06. The average molecular weight is 351 g/mol. The van der Waals surface area contributed by atoms with Gasteiger partial charge in [0.1, 0.15) is 17.4 Å². The number of methoxy groups -OCH3 is 1. The highest BCUT2D eigenvalue weighted by Gasteiger charge is 2.10. The van der Waals surface area contributed by atoms with Gasteiger partial charge in [-0.1, -0.05) is 12.1 Å². The van der Waals surface area contributed by atoms with E-state index in [2.05, 4.69) is 10.6 Å². The highest BCUT2D eigenvalue weighted by atomic mass is 16.5. The zero-order valence-corrected chi connectivity index (χ0v) is 14.0. The van der Waals surface area contributed by atoms with E-state index in [0.717, 1.165) is 11.3 Å². The molecule has 0 atom stereocenters. The molecule has 0 aliphatic heterocycles. The Morgan fingerprint density at radius 1 is 1.15 bits per heavy atom. The normalized spacial score (nSPS) is 10.5. The number of carbonyl (C=O) groups excluding carboxylic acids is 1. The number of nitriles is 1. The number of rotatable bonds is 7. The first-order valence-electron chi connectivity index (χ1n) is 7.65. The maximum absolute atomic E-state index is 12.1. The van der Waals surface area contributed by atoms with Crippen LogP contribution in [0.5, 0.6) is 5.75 Å². The summed E-state index contributed by atoms with van der Waals surface area (Å²) < 4.78 is 5.08. The standard InChI is InChI=1S/C19H17N3O4/c1-26-17-8-2-13(3-9-17)11-21-12-15(10-20)18(23)22-16-6-4-14(5-7-16)19(24)25/h2-9,12,21H,11H2,1H3,(H,22,23)(H,24,25)/b15-12-. The third-order valence-corrected chi connectivity index (χ3v) is 3.47. The molecule has 0 saturated carbocycles. The second-order valence-corrected chi connectivity index (χ2v) is 5.24. The first-order chi connectivity index (χ1) is 12.5. The molecule has 7 heteroatoms. The summed E-state index contributed by atoms with van der Waals surface area (Å²) in [6, 6.07) is 14.9. The van der Waals surface area contributed by atoms with E-state index < -0.39 is 11.9 Å². The van der Waals surface area contributed by atoms with Crippen LogP contribution in [0.2, 0.25) is 0 Å². The van der Waals surface area contributed by atoms with E-state index in [9.17, 15) is 9.59 Å². The maximum atomic E-state index is 12.1. The summed E-state index contributed by atoms with van der Waals surface area (Å²) in [5, 5.41) is 23.5. The summed E-state index contributed by atoms with van der Waals surface area (Å²) >= 11 is 0. The number of carboxylic acids is 1. The van der Waals surface area contributed by atoms with Gasteiger partial charge >= 0.3 is 5.97 Å². The fourth-order valence-corrected chi connectivity index (χ4v) is 2.06. The van der Waals surface area contributed by atoms with Gasteiger partial charge in [-0.25, -0.2) is 4.79 Å². The summed E-state index contributed by atoms with van der Waals surface area (Å²) in [7, 11) is 1.59. The number of nitrogens with one attached hydrogen (secondary N) is 2. The van der Waals surface area contributed by atoms with Crippen LogP contribution in [0.3, 0.4) is 0 Å². The van der Waals surface area contributed by atoms with Crippen molar-refractivity contribution in [1.29, 1.82) is 5.26 Å². The van der Waals surface area contributed by atoms with Gasteiger partial charge in [0.25, 0.3) is 5.91 Å². The molecule has 0 fully saturated rings. The van der Waals surface area contributed by atoms with Crippen LogP contribution >= 0.6 is 0 Å². The van der Waals surface area contributed by atoms with Gasteiger partial charge in [0.15, 0.2) is 0 Å². The monoisotopic (exact) mass is 351 g/mol. The first kappa shape index (κ1) is 18.5. The highest BCUT2D eigenvalue weighted by Crippen LogP contribution is 2.12. The Bertz CT molecular complexity index is 850. The van der Waals surface area contributed by atoms with Gasteiger partial charge in [0, 0.05) is 18.4 Å². The number of ether oxygens (including phenoxy) is 1. The number of amides is 1. The Balaban J connectivity index is 1.95. The third kappa shape index (κ3) is 5.11. The zero-order valence-electron chi connectivity index (χ0n) is 14.0. The molecule has 2 rings (SSSR count). The Labute approximate surface area is 150 Å². The number of nitrogens with zero attached hydrogens (tertiary/aromatic N) is 1. The number of carbonyl (C=O) groups is 2. The summed E-state index contributed by atoms with van der Waals surface area (Å²) in [4.78, 5) is 22.9. The zero-order chi connectivity index (χ0) is 18.9. The third-order valence-electron chi connectivity index (χ3n) is 3.47. The molecular weight excluding hydrogens is 334 g/mol. The molecule has 0 aliphatic carbocycles. The Morgan fingerprint density at radius 3 is 2.35 bits per heavy atom. The predicted molar refractivity (Wildman–Crippen MR) is 95.6 cm³/mol. The van der Waals surface area contributed by atoms with Crippen LogP contribution < -0.4 is 15.4 Å². The minimum Gasteiger partial charge on any atom is -0.497 e. The quantitative estimate of drug-likeness (QED) is 0.522. The molecule has 0 saturated heterocycles. The molecule has 2 aromatic rings. The predicted octanol–water partition coefficient (Wildman–Crippen LogP) is 2.53. The molecule has 0 radical (unpaired) electrons. The minimum absolute atomic E-state index is 0.0965. The second kappa shape index (κ2) is 8.89. The van der Waals surface area contributed by atoms with Gasteiger partial charge < -0.3 is 20.5 Å². The molecular formula is C19H17N3O4. The topological polar surface area (TPSA) is 111 Å². The lowest BCUT2D eigenvalue weighted by Crippen LogP contribution is -2.16. The van der Waals surface area contributed by atoms with E-state index in [1.807, 2.05) is 30.3 Å². The van der Waals surface area contributed by atoms with Gasteiger partial charge in [0.05, 0.1) is 12.7 Å². The molecule has 0 heterocycles. The Hall–Kier alpha value is -3.79. The van der Waals surface area contributed by atoms with Crippen molar-refractivity contribution < 1.29 is 19.4 Å². The second-order valence-electron chi connectivity index (χ2n) is 5.24. The van der Waals surface area contributed by atoms with Crippen LogP contribution in [0.1, 0.15) is 15.9 Å². The maximum Gasteiger partial charge on any atom is 0.335 e. The number of anilines is 1. The molecule has 7 nitrogen and oxygen atoms in total. The van der Waals surface area contributed by atoms with Crippen LogP contribution in [0, 0.1) is 11.3 Å². The van der Waals surface area contributed by atoms with Crippen molar-refractivity contribution in [3.63, 3.8) is 0 Å². The summed E-state index contributed by atoms with van der Waals surface area (Å²) in [5.74, 6) is -0.892. The van der Waals surface area contributed by atoms with E-state index in [1.54, 1.807) is 7.11 Å². The molecule has 0 spiro atoms. The summed E-state index contributed by atoms with van der Waals surface area (Å²) in [6.45, 7) is 0.440. The molecule has 0 unspecified atom stereocenters. The largest absolute Gasteiger partial charge is 0.497 e. The summed E-state index contributed by atoms with van der Waals surface area (Å²) in [6.07, 6.45) is 1.34. The fourth-order valence-electron chi connectivity index (χ4n) is 2.06. The highest BCUT2D eigenvalue weighted by molar-refractivity contribution is 6.06. The van der Waals surface area contributed by atoms with Gasteiger partial charge in [-0.2, -0.15) is 5.26 Å². The first-order valence-corrected chi connectivity index (χ1v) is 7.65. The SMILES string of the molecule is COc1ccc(CN/C=C(/C#N)C(=O)Nc2ccc(C(=O)O)cc2)cc1. The average Bonchev–Trinajstić information content (AvgIpc) is 2.66. The van der Waals surface area contributed by atoms with Crippen LogP contribution in [-0.2, 0) is 11.3 Å². The van der Waals surface area contributed by atoms with Crippen molar-refractivity contribution in [1.82, 2.24) is 5.32 Å². The van der Waals surface area contributed by atoms with Gasteiger partial charge in [-0.3, -0.25) is 4.79 Å². The number of carboxylic acid groups (broad SMARTS) is 1. The smallest absolute Gasteiger partial charge is 0.335 e. The molecule has 3 N–H and O–H groups in total. The van der Waals surface area contributed by atoms with Gasteiger partial charge in [-0.15, -0.1) is 0 Å². The minimum atomic E-state index is -1.05. The van der Waals surface area contributed by atoms with E-state index in [-0.39, 0.29) is 11.1 Å². The lowest BCUT2D eigenvalue weighted by atomic mass is 10.2. The van der Waals surface area contributed by atoms with Crippen LogP contribution in [0.15, 0.2) is 60.3 Å². The van der Waals surface area contributed by atoms with Crippen molar-refractivity contribution in [2.24, 2.45) is 0 Å². The van der Waals surface area contributed by atoms with Crippen molar-refractivity contribution in [3.8, 4) is 11.8 Å². The van der Waals surface area contributed by atoms with Crippen molar-refractivity contribution >= 4 is 17.6 Å². The lowest BCUT2D eigenvalue weighted by molar-refractivity contribution is -0.112. The Morgan fingerprint density at radius 2 is 1.81 bits per heavy atom. The number of hydrogen-bond donors (Lipinski definition) is 3. The van der Waals surface area contributed by atoms with Crippen molar-refractivity contribution in [2.75, 3.05) is 12.4 Å². The number of benzene rings is 2. The number of hydrogen-bond acceptors (Lipinski definition) is 5. The van der Waals surface area contributed by atoms with Crippen LogP contribution in [0.25, 0.3) is 0 Å². The van der Waals surface area contributed by atoms with Gasteiger partial charge in [0.2, 0.25) is 0 Å². The fraction of sp³-hybridized carbons (Fsp3) is 0.105. The van der Waals surface area contributed by atoms with E-state index in [1.165, 1.54) is 30.5 Å². The van der Waals surface area contributed by atoms with E-state index in [4.69, 9.17) is 15.1 Å².